The molecule has 0 aliphatic rings. The van der Waals surface area contributed by atoms with Crippen LogP contribution in [0.25, 0.3) is 0 Å². The van der Waals surface area contributed by atoms with Crippen molar-refractivity contribution in [1.82, 2.24) is 0 Å². The van der Waals surface area contributed by atoms with Gasteiger partial charge in [-0.25, -0.2) is 0 Å². The number of aliphatic hydroxyl groups excluding tert-OH is 2. The fourth-order valence-electron chi connectivity index (χ4n) is 2.27. The molecule has 0 heterocycles. The summed E-state index contributed by atoms with van der Waals surface area (Å²) in [6.07, 6.45) is 0.918. The molecular weight excluding hydrogens is 250 g/mol. The van der Waals surface area contributed by atoms with Crippen molar-refractivity contribution in [2.24, 2.45) is 0 Å². The third kappa shape index (κ3) is 4.08. The van der Waals surface area contributed by atoms with E-state index in [9.17, 15) is 0 Å². The third-order valence-corrected chi connectivity index (χ3v) is 3.29. The molecule has 0 aliphatic carbocycles. The highest BCUT2D eigenvalue weighted by atomic mass is 16.3. The Labute approximate surface area is 120 Å². The van der Waals surface area contributed by atoms with E-state index < -0.39 is 0 Å². The van der Waals surface area contributed by atoms with Crippen molar-refractivity contribution in [3.05, 3.63) is 65.7 Å². The monoisotopic (exact) mass is 271 g/mol. The quantitative estimate of drug-likeness (QED) is 0.810. The van der Waals surface area contributed by atoms with Crippen LogP contribution >= 0.6 is 0 Å². The Morgan fingerprint density at radius 1 is 0.700 bits per heavy atom. The zero-order chi connectivity index (χ0) is 14.2. The third-order valence-electron chi connectivity index (χ3n) is 3.29. The number of hydrogen-bond donors (Lipinski definition) is 2. The van der Waals surface area contributed by atoms with Crippen molar-refractivity contribution in [2.75, 3.05) is 31.2 Å². The fourth-order valence-corrected chi connectivity index (χ4v) is 2.27. The van der Waals surface area contributed by atoms with Crippen molar-refractivity contribution < 1.29 is 10.2 Å². The largest absolute Gasteiger partial charge is 0.395 e. The Kier molecular flexibility index (Phi) is 5.59. The molecule has 0 unspecified atom stereocenters. The van der Waals surface area contributed by atoms with E-state index in [-0.39, 0.29) is 13.2 Å². The first-order chi connectivity index (χ1) is 9.83. The molecule has 0 saturated heterocycles. The summed E-state index contributed by atoms with van der Waals surface area (Å²) in [6.45, 7) is 1.26. The molecule has 0 bridgehead atoms. The molecule has 0 amide bonds. The van der Waals surface area contributed by atoms with Gasteiger partial charge in [0.15, 0.2) is 0 Å². The number of anilines is 1. The summed E-state index contributed by atoms with van der Waals surface area (Å²) in [6, 6.07) is 18.7. The summed E-state index contributed by atoms with van der Waals surface area (Å²) in [7, 11) is 0. The van der Waals surface area contributed by atoms with Gasteiger partial charge in [0.1, 0.15) is 0 Å². The van der Waals surface area contributed by atoms with E-state index in [1.165, 1.54) is 11.1 Å². The predicted molar refractivity (Wildman–Crippen MR) is 82.1 cm³/mol. The lowest BCUT2D eigenvalue weighted by Gasteiger charge is -2.23. The zero-order valence-corrected chi connectivity index (χ0v) is 11.6. The lowest BCUT2D eigenvalue weighted by molar-refractivity contribution is 0.281. The summed E-state index contributed by atoms with van der Waals surface area (Å²) in [5.74, 6) is 0. The van der Waals surface area contributed by atoms with Gasteiger partial charge in [-0.05, 0) is 29.7 Å². The van der Waals surface area contributed by atoms with Crippen LogP contribution in [0, 0.1) is 0 Å². The molecule has 0 aromatic heterocycles. The number of benzene rings is 2. The molecule has 0 radical (unpaired) electrons. The van der Waals surface area contributed by atoms with Gasteiger partial charge in [0.25, 0.3) is 0 Å². The van der Waals surface area contributed by atoms with E-state index in [1.807, 2.05) is 35.2 Å². The molecule has 2 aromatic rings. The van der Waals surface area contributed by atoms with Gasteiger partial charge in [-0.15, -0.1) is 0 Å². The summed E-state index contributed by atoms with van der Waals surface area (Å²) in [5.41, 5.74) is 3.58. The lowest BCUT2D eigenvalue weighted by Crippen LogP contribution is -2.29. The summed E-state index contributed by atoms with van der Waals surface area (Å²) in [4.78, 5) is 1.98. The van der Waals surface area contributed by atoms with E-state index in [4.69, 9.17) is 10.2 Å². The highest BCUT2D eigenvalue weighted by Crippen LogP contribution is 2.17. The average Bonchev–Trinajstić information content (AvgIpc) is 2.49. The molecule has 0 spiro atoms. The molecule has 0 saturated carbocycles. The molecule has 20 heavy (non-hydrogen) atoms. The van der Waals surface area contributed by atoms with Gasteiger partial charge in [-0.2, -0.15) is 0 Å². The van der Waals surface area contributed by atoms with Crippen molar-refractivity contribution >= 4 is 5.69 Å². The second kappa shape index (κ2) is 7.68. The Morgan fingerprint density at radius 2 is 1.25 bits per heavy atom. The molecule has 0 fully saturated rings. The number of rotatable bonds is 7. The molecular formula is C17H21NO2. The highest BCUT2D eigenvalue weighted by Gasteiger charge is 2.05. The average molecular weight is 271 g/mol. The predicted octanol–water partition coefficient (Wildman–Crippen LogP) is 2.07. The van der Waals surface area contributed by atoms with Crippen molar-refractivity contribution in [3.63, 3.8) is 0 Å². The van der Waals surface area contributed by atoms with Crippen molar-refractivity contribution in [1.29, 1.82) is 0 Å². The second-order valence-corrected chi connectivity index (χ2v) is 4.76. The summed E-state index contributed by atoms with van der Waals surface area (Å²) < 4.78 is 0. The maximum atomic E-state index is 9.05. The molecule has 106 valence electrons. The van der Waals surface area contributed by atoms with Crippen LogP contribution in [0.4, 0.5) is 5.69 Å². The maximum Gasteiger partial charge on any atom is 0.0606 e. The number of aliphatic hydroxyl groups is 2. The van der Waals surface area contributed by atoms with Gasteiger partial charge in [-0.3, -0.25) is 0 Å². The molecule has 0 atom stereocenters. The molecule has 2 N–H and O–H groups in total. The van der Waals surface area contributed by atoms with Crippen LogP contribution in [0.2, 0.25) is 0 Å². The van der Waals surface area contributed by atoms with E-state index in [0.29, 0.717) is 13.1 Å². The number of hydrogen-bond acceptors (Lipinski definition) is 3. The van der Waals surface area contributed by atoms with Gasteiger partial charge < -0.3 is 15.1 Å². The van der Waals surface area contributed by atoms with Gasteiger partial charge in [0.05, 0.1) is 13.2 Å². The minimum Gasteiger partial charge on any atom is -0.395 e. The Balaban J connectivity index is 2.05. The molecule has 3 heteroatoms. The zero-order valence-electron chi connectivity index (χ0n) is 11.6. The van der Waals surface area contributed by atoms with E-state index in [2.05, 4.69) is 24.3 Å². The lowest BCUT2D eigenvalue weighted by atomic mass is 10.0. The maximum absolute atomic E-state index is 9.05. The Morgan fingerprint density at radius 3 is 1.80 bits per heavy atom. The van der Waals surface area contributed by atoms with Crippen molar-refractivity contribution in [2.45, 2.75) is 6.42 Å². The van der Waals surface area contributed by atoms with Crippen LogP contribution in [0.1, 0.15) is 11.1 Å². The molecule has 2 rings (SSSR count). The first-order valence-corrected chi connectivity index (χ1v) is 6.93. The first-order valence-electron chi connectivity index (χ1n) is 6.93. The molecule has 0 aliphatic heterocycles. The van der Waals surface area contributed by atoms with E-state index >= 15 is 0 Å². The molecule has 3 nitrogen and oxygen atoms in total. The van der Waals surface area contributed by atoms with Gasteiger partial charge in [0.2, 0.25) is 0 Å². The summed E-state index contributed by atoms with van der Waals surface area (Å²) in [5, 5.41) is 18.1. The minimum absolute atomic E-state index is 0.0891. The van der Waals surface area contributed by atoms with Crippen LogP contribution in [-0.4, -0.2) is 36.5 Å². The van der Waals surface area contributed by atoms with Crippen LogP contribution in [-0.2, 0) is 6.42 Å². The minimum atomic E-state index is 0.0891. The van der Waals surface area contributed by atoms with Crippen molar-refractivity contribution in [3.8, 4) is 0 Å². The standard InChI is InChI=1S/C17H21NO2/c19-12-10-18(11-13-20)17-8-6-16(7-9-17)14-15-4-2-1-3-5-15/h1-9,19-20H,10-14H2. The smallest absolute Gasteiger partial charge is 0.0606 e. The Bertz CT molecular complexity index is 490. The second-order valence-electron chi connectivity index (χ2n) is 4.76. The van der Waals surface area contributed by atoms with Crippen LogP contribution in [0.3, 0.4) is 0 Å². The highest BCUT2D eigenvalue weighted by molar-refractivity contribution is 5.48. The first kappa shape index (κ1) is 14.6. The van der Waals surface area contributed by atoms with E-state index in [1.54, 1.807) is 0 Å². The SMILES string of the molecule is OCCN(CCO)c1ccc(Cc2ccccc2)cc1. The number of nitrogens with zero attached hydrogens (tertiary/aromatic N) is 1. The topological polar surface area (TPSA) is 43.7 Å². The molecule has 2 aromatic carbocycles. The van der Waals surface area contributed by atoms with Crippen LogP contribution in [0.5, 0.6) is 0 Å². The van der Waals surface area contributed by atoms with Crippen LogP contribution < -0.4 is 4.90 Å². The summed E-state index contributed by atoms with van der Waals surface area (Å²) >= 11 is 0. The van der Waals surface area contributed by atoms with Gasteiger partial charge in [0, 0.05) is 18.8 Å². The van der Waals surface area contributed by atoms with Gasteiger partial charge >= 0.3 is 0 Å². The van der Waals surface area contributed by atoms with E-state index in [0.717, 1.165) is 12.1 Å². The van der Waals surface area contributed by atoms with Gasteiger partial charge in [-0.1, -0.05) is 42.5 Å². The Hall–Kier alpha value is -1.84. The normalized spacial score (nSPS) is 10.5. The fraction of sp³-hybridized carbons (Fsp3) is 0.294. The van der Waals surface area contributed by atoms with Crippen LogP contribution in [0.15, 0.2) is 54.6 Å².